The summed E-state index contributed by atoms with van der Waals surface area (Å²) in [5.74, 6) is 0. The summed E-state index contributed by atoms with van der Waals surface area (Å²) < 4.78 is 1.16. The van der Waals surface area contributed by atoms with Gasteiger partial charge in [0.2, 0.25) is 0 Å². The summed E-state index contributed by atoms with van der Waals surface area (Å²) in [4.78, 5) is 0. The van der Waals surface area contributed by atoms with Gasteiger partial charge in [-0.15, -0.1) is 0 Å². The third kappa shape index (κ3) is 3.18. The van der Waals surface area contributed by atoms with Gasteiger partial charge in [0, 0.05) is 0 Å². The molecule has 2 aliphatic carbocycles. The summed E-state index contributed by atoms with van der Waals surface area (Å²) in [7, 11) is -2.45. The van der Waals surface area contributed by atoms with Crippen molar-refractivity contribution in [3.8, 4) is 0 Å². The number of rotatable bonds is 3. The van der Waals surface area contributed by atoms with Crippen molar-refractivity contribution in [2.75, 3.05) is 0 Å². The normalized spacial score (nSPS) is 24.0. The van der Waals surface area contributed by atoms with E-state index in [-0.39, 0.29) is 0 Å². The average Bonchev–Trinajstić information content (AvgIpc) is 3.56. The van der Waals surface area contributed by atoms with Crippen LogP contribution < -0.4 is 5.19 Å². The Balaban J connectivity index is 1.62. The van der Waals surface area contributed by atoms with E-state index in [0.717, 1.165) is 12.8 Å². The van der Waals surface area contributed by atoms with E-state index in [4.69, 9.17) is 0 Å². The van der Waals surface area contributed by atoms with Gasteiger partial charge in [-0.3, -0.25) is 0 Å². The van der Waals surface area contributed by atoms with Crippen LogP contribution in [-0.4, -0.2) is 8.07 Å². The van der Waals surface area contributed by atoms with E-state index in [9.17, 15) is 0 Å². The number of allylic oxidation sites excluding steroid dienone is 2. The molecule has 5 aromatic carbocycles. The first-order chi connectivity index (χ1) is 19.9. The summed E-state index contributed by atoms with van der Waals surface area (Å²) in [6, 6.07) is 40.1. The number of fused-ring (bicyclic) bond motifs is 12. The Morgan fingerprint density at radius 3 is 1.46 bits per heavy atom. The van der Waals surface area contributed by atoms with Crippen LogP contribution in [-0.2, 0) is 14.0 Å². The minimum absolute atomic E-state index is 0.578. The van der Waals surface area contributed by atoms with Gasteiger partial charge >= 0.3 is 250 Å². The van der Waals surface area contributed by atoms with Gasteiger partial charge in [-0.05, 0) is 0 Å². The molecule has 0 N–H and O–H groups in total. The van der Waals surface area contributed by atoms with Gasteiger partial charge in [0.15, 0.2) is 0 Å². The van der Waals surface area contributed by atoms with E-state index < -0.39 is 22.1 Å². The van der Waals surface area contributed by atoms with Crippen LogP contribution in [0.15, 0.2) is 114 Å². The molecule has 203 valence electrons. The van der Waals surface area contributed by atoms with E-state index in [0.29, 0.717) is 9.26 Å². The summed E-state index contributed by atoms with van der Waals surface area (Å²) in [6.07, 6.45) is 2.28. The zero-order chi connectivity index (χ0) is 28.1. The minimum atomic E-state index is -2.45. The fourth-order valence-corrected chi connectivity index (χ4v) is 21.7. The molecule has 41 heavy (non-hydrogen) atoms. The topological polar surface area (TPSA) is 0 Å². The number of hydrogen-bond acceptors (Lipinski definition) is 0. The molecule has 0 radical (unpaired) electrons. The van der Waals surface area contributed by atoms with Gasteiger partial charge in [0.05, 0.1) is 0 Å². The van der Waals surface area contributed by atoms with Gasteiger partial charge in [-0.2, -0.15) is 0 Å². The van der Waals surface area contributed by atoms with Crippen molar-refractivity contribution in [3.05, 3.63) is 137 Å². The zero-order valence-corrected chi connectivity index (χ0v) is 27.2. The van der Waals surface area contributed by atoms with Crippen molar-refractivity contribution in [2.24, 2.45) is 0 Å². The SMILES string of the molecule is CCC1=C2c3c(ccc4ccccc34)[CH]1[V]([CH3])([CH3])[CH]1C(CC)=C(c3c1ccc1ccccc31)[Si]2(C)c1ccccc1. The average molecular weight is 586 g/mol. The number of benzene rings is 5. The first kappa shape index (κ1) is 25.6. The van der Waals surface area contributed by atoms with Gasteiger partial charge in [-0.25, -0.2) is 0 Å². The quantitative estimate of drug-likeness (QED) is 0.185. The molecule has 0 spiro atoms. The fourth-order valence-electron chi connectivity index (χ4n) is 9.30. The van der Waals surface area contributed by atoms with Gasteiger partial charge in [0.25, 0.3) is 0 Å². The van der Waals surface area contributed by atoms with Crippen LogP contribution in [0.1, 0.15) is 58.2 Å². The van der Waals surface area contributed by atoms with E-state index in [2.05, 4.69) is 135 Å². The molecule has 0 aromatic heterocycles. The zero-order valence-electron chi connectivity index (χ0n) is 24.8. The molecule has 0 nitrogen and oxygen atoms in total. The molecular formula is C39H38SiV. The summed E-state index contributed by atoms with van der Waals surface area (Å²) in [5.41, 5.74) is 15.6. The molecule has 2 unspecified atom stereocenters. The van der Waals surface area contributed by atoms with Crippen molar-refractivity contribution in [1.29, 1.82) is 0 Å². The molecule has 1 heterocycles. The molecule has 3 aliphatic rings. The van der Waals surface area contributed by atoms with Gasteiger partial charge < -0.3 is 0 Å². The van der Waals surface area contributed by atoms with Gasteiger partial charge in [0.1, 0.15) is 0 Å². The second-order valence-electron chi connectivity index (χ2n) is 12.9. The van der Waals surface area contributed by atoms with Crippen LogP contribution in [0.2, 0.25) is 17.8 Å². The predicted molar refractivity (Wildman–Crippen MR) is 177 cm³/mol. The van der Waals surface area contributed by atoms with Crippen LogP contribution in [0.25, 0.3) is 31.9 Å². The molecule has 8 rings (SSSR count). The molecule has 0 saturated heterocycles. The van der Waals surface area contributed by atoms with Crippen LogP contribution in [0.5, 0.6) is 0 Å². The monoisotopic (exact) mass is 585 g/mol. The first-order valence-corrected chi connectivity index (χ1v) is 22.2. The van der Waals surface area contributed by atoms with E-state index in [1.807, 2.05) is 0 Å². The second-order valence-corrected chi connectivity index (χ2v) is 23.5. The first-order valence-electron chi connectivity index (χ1n) is 15.3. The Bertz CT molecular complexity index is 1840. The van der Waals surface area contributed by atoms with Crippen LogP contribution in [0.3, 0.4) is 0 Å². The van der Waals surface area contributed by atoms with E-state index in [1.165, 1.54) is 21.5 Å². The molecule has 2 heteroatoms. The molecular weight excluding hydrogens is 547 g/mol. The molecule has 0 amide bonds. The summed E-state index contributed by atoms with van der Waals surface area (Å²) in [6.45, 7) is 7.63. The molecule has 4 bridgehead atoms. The second kappa shape index (κ2) is 8.95. The predicted octanol–water partition coefficient (Wildman–Crippen LogP) is 10.5. The Labute approximate surface area is 248 Å². The van der Waals surface area contributed by atoms with E-state index in [1.54, 1.807) is 49.0 Å². The van der Waals surface area contributed by atoms with E-state index >= 15 is 0 Å². The standard InChI is InChI=1S/C37H32Si.2CH3.V/c1-4-25-23-29-21-19-27-13-9-11-17-32(27)34(29)36(25)38(3,31-15-7-6-8-16-31)37-26(5-2)24-30-22-20-28-14-10-12-18-33(28)35(30)37;;;/h6-24H,4-5H2,1-3H3;2*1H3;. The van der Waals surface area contributed by atoms with Crippen molar-refractivity contribution < 1.29 is 14.0 Å². The summed E-state index contributed by atoms with van der Waals surface area (Å²) >= 11 is -2.42. The van der Waals surface area contributed by atoms with Crippen molar-refractivity contribution in [2.45, 2.75) is 53.8 Å². The fraction of sp³-hybridized carbons (Fsp3) is 0.231. The van der Waals surface area contributed by atoms with Crippen LogP contribution in [0, 0.1) is 0 Å². The van der Waals surface area contributed by atoms with Crippen molar-refractivity contribution >= 4 is 45.2 Å². The van der Waals surface area contributed by atoms with Crippen LogP contribution in [0.4, 0.5) is 0 Å². The third-order valence-electron chi connectivity index (χ3n) is 10.8. The molecule has 2 atom stereocenters. The molecule has 1 aliphatic heterocycles. The molecule has 5 aromatic rings. The third-order valence-corrected chi connectivity index (χ3v) is 21.4. The van der Waals surface area contributed by atoms with Crippen LogP contribution >= 0.6 is 0 Å². The Kier molecular flexibility index (Phi) is 5.59. The molecule has 0 fully saturated rings. The van der Waals surface area contributed by atoms with Crippen molar-refractivity contribution in [3.63, 3.8) is 0 Å². The Morgan fingerprint density at radius 1 is 0.561 bits per heavy atom. The van der Waals surface area contributed by atoms with Gasteiger partial charge in [-0.1, -0.05) is 0 Å². The maximum absolute atomic E-state index is 2.76. The summed E-state index contributed by atoms with van der Waals surface area (Å²) in [5, 5.41) is 10.8. The number of hydrogen-bond donors (Lipinski definition) is 0. The van der Waals surface area contributed by atoms with Crippen molar-refractivity contribution in [1.82, 2.24) is 0 Å². The Hall–Kier alpha value is -3.10. The maximum atomic E-state index is 2.76. The Morgan fingerprint density at radius 2 is 1.00 bits per heavy atom. The molecule has 0 saturated carbocycles.